The molecule has 1 aliphatic rings. The Morgan fingerprint density at radius 2 is 0.939 bits per heavy atom. The Hall–Kier alpha value is -0.610. The fraction of sp³-hybridized carbons (Fsp3) is 0.900. The summed E-state index contributed by atoms with van der Waals surface area (Å²) in [6.45, 7) is 0. The van der Waals surface area contributed by atoms with Crippen molar-refractivity contribution >= 4 is 43.7 Å². The molecule has 0 spiro atoms. The molecule has 33 heavy (non-hydrogen) atoms. The summed E-state index contributed by atoms with van der Waals surface area (Å²) in [6, 6.07) is -8.66. The van der Waals surface area contributed by atoms with Crippen LogP contribution in [0.2, 0.25) is 0 Å². The summed E-state index contributed by atoms with van der Waals surface area (Å²) >= 11 is 0. The summed E-state index contributed by atoms with van der Waals surface area (Å²) in [6.07, 6.45) is -40.0. The fourth-order valence-electron chi connectivity index (χ4n) is 2.31. The van der Waals surface area contributed by atoms with E-state index in [4.69, 9.17) is 5.11 Å². The summed E-state index contributed by atoms with van der Waals surface area (Å²) in [5.41, 5.74) is -8.02. The number of nitrogens with zero attached hydrogens (tertiary/aromatic N) is 1. The van der Waals surface area contributed by atoms with Gasteiger partial charge >= 0.3 is 97.8 Å². The number of ether oxygens (including phenoxy) is 1. The number of aliphatic carboxylic acids is 1. The van der Waals surface area contributed by atoms with Crippen LogP contribution in [0.25, 0.3) is 0 Å². The molecule has 1 heterocycles. The van der Waals surface area contributed by atoms with E-state index in [9.17, 15) is 83.8 Å². The van der Waals surface area contributed by atoms with E-state index >= 15 is 0 Å². The fourth-order valence-corrected chi connectivity index (χ4v) is 2.31. The molecule has 1 saturated heterocycles. The van der Waals surface area contributed by atoms with Gasteiger partial charge in [0.2, 0.25) is 0 Å². The van der Waals surface area contributed by atoms with Gasteiger partial charge in [-0.05, 0) is 0 Å². The van der Waals surface area contributed by atoms with Crippen molar-refractivity contribution in [3.05, 3.63) is 0 Å². The van der Waals surface area contributed by atoms with Gasteiger partial charge in [-0.25, -0.2) is 22.7 Å². The van der Waals surface area contributed by atoms with Crippen LogP contribution in [0, 0.1) is 0 Å². The number of carbonyl (C=O) groups is 1. The molecule has 0 radical (unpaired) electrons. The van der Waals surface area contributed by atoms with Gasteiger partial charge < -0.3 is 5.11 Å². The quantitative estimate of drug-likeness (QED) is 0.319. The molecule has 23 heteroatoms. The van der Waals surface area contributed by atoms with Crippen LogP contribution < -0.4 is 0 Å². The minimum atomic E-state index is -8.66. The molecule has 0 aromatic carbocycles. The predicted molar refractivity (Wildman–Crippen MR) is 63.6 cm³/mol. The first-order chi connectivity index (χ1) is 13.5. The van der Waals surface area contributed by atoms with Gasteiger partial charge in [-0.3, -0.25) is 0 Å². The van der Waals surface area contributed by atoms with Crippen molar-refractivity contribution in [2.75, 3.05) is 0 Å². The van der Waals surface area contributed by atoms with Crippen LogP contribution in [0.4, 0.5) is 79.0 Å². The van der Waals surface area contributed by atoms with Crippen molar-refractivity contribution in [1.82, 2.24) is 4.90 Å². The molecular weight excluding hydrogens is 564 g/mol. The van der Waals surface area contributed by atoms with Crippen LogP contribution in [0.5, 0.6) is 0 Å². The van der Waals surface area contributed by atoms with Crippen LogP contribution in [-0.2, 0) is 9.53 Å². The normalized spacial score (nSPS) is 30.8. The van der Waals surface area contributed by atoms with Crippen molar-refractivity contribution in [2.24, 2.45) is 0 Å². The van der Waals surface area contributed by atoms with Gasteiger partial charge in [0, 0.05) is 0 Å². The van der Waals surface area contributed by atoms with Crippen molar-refractivity contribution < 1.29 is 93.7 Å². The molecule has 194 valence electrons. The van der Waals surface area contributed by atoms with E-state index in [1.807, 2.05) is 0 Å². The molecule has 0 saturated carbocycles. The Kier molecular flexibility index (Phi) is 7.80. The Morgan fingerprint density at radius 1 is 0.667 bits per heavy atom. The third-order valence-corrected chi connectivity index (χ3v) is 3.78. The zero-order valence-corrected chi connectivity index (χ0v) is 13.5. The number of morpholine rings is 1. The minimum absolute atomic E-state index is 0. The first-order valence-electron chi connectivity index (χ1n) is 6.66. The topological polar surface area (TPSA) is 49.8 Å². The van der Waals surface area contributed by atoms with Crippen LogP contribution in [0.15, 0.2) is 0 Å². The third kappa shape index (κ3) is 3.90. The second-order valence-corrected chi connectivity index (χ2v) is 5.71. The van der Waals surface area contributed by atoms with E-state index in [0.29, 0.717) is 0 Å². The van der Waals surface area contributed by atoms with Gasteiger partial charge in [-0.1, -0.05) is 0 Å². The average Bonchev–Trinajstić information content (AvgIpc) is 2.47. The van der Waals surface area contributed by atoms with E-state index < -0.39 is 64.9 Å². The molecule has 0 aromatic rings. The molecule has 3 unspecified atom stereocenters. The number of carboxylic acids is 1. The number of halogens is 18. The Balaban J connectivity index is 0.0000102. The second-order valence-electron chi connectivity index (χ2n) is 5.71. The van der Waals surface area contributed by atoms with E-state index in [-0.39, 0.29) is 37.7 Å². The van der Waals surface area contributed by atoms with E-state index in [1.54, 1.807) is 0 Å². The van der Waals surface area contributed by atoms with Crippen molar-refractivity contribution in [1.29, 1.82) is 0 Å². The van der Waals surface area contributed by atoms with Gasteiger partial charge in [0.1, 0.15) is 0 Å². The van der Waals surface area contributed by atoms with Crippen molar-refractivity contribution in [3.63, 3.8) is 0 Å². The second kappa shape index (κ2) is 7.95. The maximum absolute atomic E-state index is 14.2. The van der Waals surface area contributed by atoms with Gasteiger partial charge in [0.15, 0.2) is 0 Å². The summed E-state index contributed by atoms with van der Waals surface area (Å²) in [4.78, 5) is 5.47. The van der Waals surface area contributed by atoms with Crippen LogP contribution in [-0.4, -0.2) is 108 Å². The van der Waals surface area contributed by atoms with E-state index in [0.717, 1.165) is 0 Å². The number of alkyl halides is 18. The molecule has 1 N–H and O–H groups in total. The first-order valence-corrected chi connectivity index (χ1v) is 6.66. The zero-order valence-electron chi connectivity index (χ0n) is 13.5. The van der Waals surface area contributed by atoms with Crippen LogP contribution in [0.3, 0.4) is 0 Å². The molecular formula is C10H3CaF18NO3. The third-order valence-electron chi connectivity index (χ3n) is 3.78. The van der Waals surface area contributed by atoms with Gasteiger partial charge in [-0.2, -0.15) is 65.9 Å². The summed E-state index contributed by atoms with van der Waals surface area (Å²) < 4.78 is 240. The molecule has 0 bridgehead atoms. The van der Waals surface area contributed by atoms with Crippen LogP contribution >= 0.6 is 0 Å². The molecule has 0 aliphatic carbocycles. The van der Waals surface area contributed by atoms with Gasteiger partial charge in [0.05, 0.1) is 0 Å². The molecule has 0 amide bonds. The maximum atomic E-state index is 14.2. The zero-order chi connectivity index (χ0) is 26.4. The molecule has 1 aliphatic heterocycles. The summed E-state index contributed by atoms with van der Waals surface area (Å²) in [5.74, 6) is -21.6. The van der Waals surface area contributed by atoms with Crippen molar-refractivity contribution in [2.45, 2.75) is 54.0 Å². The molecule has 1 fully saturated rings. The number of hydrogen-bond acceptors (Lipinski definition) is 3. The monoisotopic (exact) mass is 567 g/mol. The Morgan fingerprint density at radius 3 is 1.12 bits per heavy atom. The summed E-state index contributed by atoms with van der Waals surface area (Å²) in [7, 11) is 0. The number of rotatable bonds is 3. The molecule has 1 rings (SSSR count). The first kappa shape index (κ1) is 32.4. The average molecular weight is 567 g/mol. The molecule has 0 aromatic heterocycles. The SMILES string of the molecule is O=C(O)C(F)(C(F)(F)F)C(F)(F)N1C(F)(C(F)(F)F)C(F)(F)OC(F)(F)C1(F)C(F)(F)F.[CaH2]. The number of hydrogen-bond donors (Lipinski definition) is 1. The predicted octanol–water partition coefficient (Wildman–Crippen LogP) is 3.99. The van der Waals surface area contributed by atoms with Crippen molar-refractivity contribution in [3.8, 4) is 0 Å². The summed E-state index contributed by atoms with van der Waals surface area (Å²) in [5, 5.41) is 8.03. The Labute approximate surface area is 196 Å². The molecule has 4 nitrogen and oxygen atoms in total. The Bertz CT molecular complexity index is 739. The van der Waals surface area contributed by atoms with E-state index in [1.165, 1.54) is 4.74 Å². The van der Waals surface area contributed by atoms with Crippen LogP contribution in [0.1, 0.15) is 0 Å². The van der Waals surface area contributed by atoms with Gasteiger partial charge in [0.25, 0.3) is 0 Å². The molecule has 3 atom stereocenters. The number of carboxylic acid groups (broad SMARTS) is 1. The van der Waals surface area contributed by atoms with E-state index in [2.05, 4.69) is 0 Å². The standard InChI is InChI=1S/C10HF18NO3.Ca.2H/c11-2(1(30)31,5(14,15)16)8(23,24)29-3(12,6(17,18)19)9(25,26)32-10(27,28)4(29,13)7(20,21)22;;;/h(H,30,31);;;. The van der Waals surface area contributed by atoms with Gasteiger partial charge in [-0.15, -0.1) is 4.90 Å².